The molecule has 5 rings (SSSR count). The number of halogens is 6. The molecule has 44 heavy (non-hydrogen) atoms. The van der Waals surface area contributed by atoms with Crippen LogP contribution in [0.2, 0.25) is 0 Å². The number of carbonyl (C=O) groups excluding carboxylic acids is 5. The number of esters is 1. The van der Waals surface area contributed by atoms with E-state index in [-0.39, 0.29) is 38.2 Å². The first-order valence-electron chi connectivity index (χ1n) is 14.8. The predicted molar refractivity (Wildman–Crippen MR) is 140 cm³/mol. The van der Waals surface area contributed by atoms with Gasteiger partial charge in [0, 0.05) is 24.9 Å². The lowest BCUT2D eigenvalue weighted by Crippen LogP contribution is -2.71. The van der Waals surface area contributed by atoms with E-state index < -0.39 is 89.9 Å². The summed E-state index contributed by atoms with van der Waals surface area (Å²) in [5.41, 5.74) is 0. The summed E-state index contributed by atoms with van der Waals surface area (Å²) in [7, 11) is 0. The van der Waals surface area contributed by atoms with E-state index in [4.69, 9.17) is 0 Å². The Morgan fingerprint density at radius 2 is 1.80 bits per heavy atom. The number of ether oxygens (including phenoxy) is 1. The number of alkyl halides is 5. The molecule has 0 aromatic carbocycles. The number of hydrogen-bond acceptors (Lipinski definition) is 6. The number of piperidine rings is 2. The van der Waals surface area contributed by atoms with Crippen LogP contribution in [0.5, 0.6) is 0 Å². The zero-order valence-electron chi connectivity index (χ0n) is 24.1. The first kappa shape index (κ1) is 33.6. The molecular formula is C28H36F6N4O6. The van der Waals surface area contributed by atoms with Crippen LogP contribution in [-0.2, 0) is 28.7 Å². The molecule has 0 radical (unpaired) electrons. The predicted octanol–water partition coefficient (Wildman–Crippen LogP) is 2.67. The Kier molecular flexibility index (Phi) is 10.2. The smallest absolute Gasteiger partial charge is 0.461 e. The van der Waals surface area contributed by atoms with Gasteiger partial charge in [-0.1, -0.05) is 19.3 Å². The van der Waals surface area contributed by atoms with Gasteiger partial charge in [0.05, 0.1) is 18.6 Å². The number of hydrogen-bond donors (Lipinski definition) is 3. The molecule has 16 heteroatoms. The van der Waals surface area contributed by atoms with E-state index in [1.165, 1.54) is 6.92 Å². The van der Waals surface area contributed by atoms with Crippen LogP contribution < -0.4 is 16.0 Å². The highest BCUT2D eigenvalue weighted by molar-refractivity contribution is 5.94. The van der Waals surface area contributed by atoms with Gasteiger partial charge in [-0.05, 0) is 51.0 Å². The molecule has 5 aliphatic rings. The van der Waals surface area contributed by atoms with Gasteiger partial charge >= 0.3 is 18.1 Å². The molecule has 3 aliphatic heterocycles. The van der Waals surface area contributed by atoms with Crippen molar-refractivity contribution in [3.8, 4) is 0 Å². The Labute approximate surface area is 249 Å². The SMILES string of the molecule is CCOC(=O)/C(F)=C/[C@H](C[C@@H]1CCNC1=O)NC(=O)[C@@H]1[C@@H]2CC[C@@H](CC2(F)F)N1C(=O)[C@@H](CC1CCC1)NC(=O)C(F)(F)F. The standard InChI is InChI=1S/C28H36F6N4O6/c1-2-44-25(42)19(29)12-16(11-15-8-9-35-22(15)39)36-23(40)21-18-7-6-17(13-27(18,30)31)38(21)24(41)20(10-14-4-3-5-14)37-26(43)28(32,33)34/h12,14-18,20-21H,2-11,13H2,1H3,(H,35,39)(H,36,40)(H,37,43)/b19-12-/t15-,16-,17-,18-,20+,21-/m0/s1. The van der Waals surface area contributed by atoms with Crippen molar-refractivity contribution >= 4 is 29.6 Å². The summed E-state index contributed by atoms with van der Waals surface area (Å²) in [5, 5.41) is 6.69. The largest absolute Gasteiger partial charge is 0.471 e. The third kappa shape index (κ3) is 7.48. The molecule has 2 aliphatic carbocycles. The Morgan fingerprint density at radius 3 is 2.34 bits per heavy atom. The van der Waals surface area contributed by atoms with E-state index in [1.54, 1.807) is 5.32 Å². The first-order chi connectivity index (χ1) is 20.6. The first-order valence-corrected chi connectivity index (χ1v) is 14.8. The lowest BCUT2D eigenvalue weighted by molar-refractivity contribution is -0.196. The van der Waals surface area contributed by atoms with Crippen LogP contribution in [-0.4, -0.2) is 83.9 Å². The summed E-state index contributed by atoms with van der Waals surface area (Å²) in [6.45, 7) is 1.58. The van der Waals surface area contributed by atoms with E-state index in [9.17, 15) is 41.5 Å². The van der Waals surface area contributed by atoms with Crippen molar-refractivity contribution in [3.05, 3.63) is 11.9 Å². The molecule has 0 aromatic heterocycles. The highest BCUT2D eigenvalue weighted by atomic mass is 19.4. The van der Waals surface area contributed by atoms with Gasteiger partial charge in [0.15, 0.2) is 0 Å². The minimum absolute atomic E-state index is 0.0577. The summed E-state index contributed by atoms with van der Waals surface area (Å²) in [6, 6.07) is -6.15. The van der Waals surface area contributed by atoms with E-state index in [1.807, 2.05) is 0 Å². The van der Waals surface area contributed by atoms with Crippen LogP contribution in [0.15, 0.2) is 11.9 Å². The Morgan fingerprint density at radius 1 is 1.09 bits per heavy atom. The fourth-order valence-corrected chi connectivity index (χ4v) is 6.59. The molecule has 0 aromatic rings. The molecule has 3 saturated heterocycles. The Hall–Kier alpha value is -3.33. The van der Waals surface area contributed by atoms with Crippen molar-refractivity contribution < 1.29 is 55.1 Å². The van der Waals surface area contributed by atoms with Gasteiger partial charge in [-0.3, -0.25) is 19.2 Å². The second kappa shape index (κ2) is 13.3. The molecule has 0 unspecified atom stereocenters. The van der Waals surface area contributed by atoms with Crippen molar-refractivity contribution in [3.63, 3.8) is 0 Å². The molecule has 2 bridgehead atoms. The van der Waals surface area contributed by atoms with E-state index in [0.717, 1.165) is 11.3 Å². The summed E-state index contributed by atoms with van der Waals surface area (Å²) in [5.74, 6) is -13.7. The number of carbonyl (C=O) groups is 5. The zero-order chi connectivity index (χ0) is 32.4. The van der Waals surface area contributed by atoms with E-state index in [2.05, 4.69) is 15.4 Å². The van der Waals surface area contributed by atoms with E-state index >= 15 is 8.78 Å². The molecule has 0 spiro atoms. The fourth-order valence-electron chi connectivity index (χ4n) is 6.59. The third-order valence-electron chi connectivity index (χ3n) is 8.96. The van der Waals surface area contributed by atoms with Gasteiger partial charge in [-0.25, -0.2) is 13.6 Å². The Balaban J connectivity index is 1.64. The van der Waals surface area contributed by atoms with Crippen LogP contribution >= 0.6 is 0 Å². The maximum Gasteiger partial charge on any atom is 0.471 e. The van der Waals surface area contributed by atoms with Crippen LogP contribution in [0, 0.1) is 17.8 Å². The lowest BCUT2D eigenvalue weighted by Gasteiger charge is -2.54. The average Bonchev–Trinajstić information content (AvgIpc) is 3.31. The number of rotatable bonds is 11. The monoisotopic (exact) mass is 638 g/mol. The third-order valence-corrected chi connectivity index (χ3v) is 8.96. The summed E-state index contributed by atoms with van der Waals surface area (Å²) in [6.07, 6.45) is -3.60. The van der Waals surface area contributed by atoms with Crippen molar-refractivity contribution in [2.75, 3.05) is 13.2 Å². The summed E-state index contributed by atoms with van der Waals surface area (Å²) in [4.78, 5) is 64.4. The zero-order valence-corrected chi connectivity index (χ0v) is 24.1. The van der Waals surface area contributed by atoms with Gasteiger partial charge in [-0.2, -0.15) is 17.6 Å². The van der Waals surface area contributed by atoms with Gasteiger partial charge in [0.2, 0.25) is 23.5 Å². The van der Waals surface area contributed by atoms with Crippen molar-refractivity contribution in [1.29, 1.82) is 0 Å². The summed E-state index contributed by atoms with van der Waals surface area (Å²) >= 11 is 0. The maximum absolute atomic E-state index is 15.2. The molecule has 246 valence electrons. The highest BCUT2D eigenvalue weighted by Gasteiger charge is 2.61. The van der Waals surface area contributed by atoms with Gasteiger partial charge in [0.1, 0.15) is 12.1 Å². The number of amides is 4. The van der Waals surface area contributed by atoms with Crippen LogP contribution in [0.4, 0.5) is 26.3 Å². The molecule has 5 fully saturated rings. The van der Waals surface area contributed by atoms with Crippen LogP contribution in [0.1, 0.15) is 64.7 Å². The second-order valence-corrected chi connectivity index (χ2v) is 11.9. The van der Waals surface area contributed by atoms with Gasteiger partial charge in [-0.15, -0.1) is 0 Å². The Bertz CT molecular complexity index is 1180. The van der Waals surface area contributed by atoms with Crippen LogP contribution in [0.25, 0.3) is 0 Å². The molecule has 3 heterocycles. The molecule has 10 nitrogen and oxygen atoms in total. The van der Waals surface area contributed by atoms with E-state index in [0.29, 0.717) is 31.9 Å². The average molecular weight is 639 g/mol. The molecule has 6 atom stereocenters. The van der Waals surface area contributed by atoms with Gasteiger partial charge in [0.25, 0.3) is 5.92 Å². The lowest BCUT2D eigenvalue weighted by atomic mass is 9.71. The molecule has 2 saturated carbocycles. The quantitative estimate of drug-likeness (QED) is 0.181. The minimum Gasteiger partial charge on any atom is -0.461 e. The van der Waals surface area contributed by atoms with Crippen molar-refractivity contribution in [2.45, 2.75) is 101 Å². The minimum atomic E-state index is -5.31. The van der Waals surface area contributed by atoms with Crippen molar-refractivity contribution in [1.82, 2.24) is 20.9 Å². The topological polar surface area (TPSA) is 134 Å². The normalized spacial score (nSPS) is 28.0. The van der Waals surface area contributed by atoms with Crippen molar-refractivity contribution in [2.24, 2.45) is 17.8 Å². The highest BCUT2D eigenvalue weighted by Crippen LogP contribution is 2.49. The summed E-state index contributed by atoms with van der Waals surface area (Å²) < 4.78 is 89.1. The maximum atomic E-state index is 15.2. The number of nitrogens with one attached hydrogen (secondary N) is 3. The molecule has 3 N–H and O–H groups in total. The van der Waals surface area contributed by atoms with Crippen LogP contribution in [0.3, 0.4) is 0 Å². The fraction of sp³-hybridized carbons (Fsp3) is 0.750. The molecular weight excluding hydrogens is 602 g/mol. The van der Waals surface area contributed by atoms with Gasteiger partial charge < -0.3 is 25.6 Å². The number of nitrogens with zero attached hydrogens (tertiary/aromatic N) is 1. The number of fused-ring (bicyclic) bond motifs is 3. The second-order valence-electron chi connectivity index (χ2n) is 11.9. The molecule has 4 amide bonds.